The Balaban J connectivity index is 1.40. The molecule has 0 unspecified atom stereocenters. The number of alkyl halides is 3. The lowest BCUT2D eigenvalue weighted by atomic mass is 9.84. The molecule has 2 aromatic carbocycles. The summed E-state index contributed by atoms with van der Waals surface area (Å²) in [6.07, 6.45) is 1.71. The number of carbonyl (C=O) groups is 1. The zero-order valence-corrected chi connectivity index (χ0v) is 18.5. The first-order chi connectivity index (χ1) is 15.9. The van der Waals surface area contributed by atoms with Crippen LogP contribution < -0.4 is 15.0 Å². The van der Waals surface area contributed by atoms with Gasteiger partial charge >= 0.3 is 6.18 Å². The SMILES string of the molecule is O=C(COc1ccc(C2CCCCC2)cc1)Nc1cc(C(F)(F)F)ccc1N1CCOCC1. The van der Waals surface area contributed by atoms with Crippen LogP contribution in [-0.4, -0.2) is 38.8 Å². The number of halogens is 3. The molecule has 33 heavy (non-hydrogen) atoms. The van der Waals surface area contributed by atoms with E-state index < -0.39 is 17.6 Å². The Morgan fingerprint density at radius 3 is 2.39 bits per heavy atom. The van der Waals surface area contributed by atoms with Crippen molar-refractivity contribution in [2.75, 3.05) is 43.1 Å². The number of amides is 1. The number of nitrogens with one attached hydrogen (secondary N) is 1. The minimum atomic E-state index is -4.50. The van der Waals surface area contributed by atoms with Crippen molar-refractivity contribution >= 4 is 17.3 Å². The molecule has 0 bridgehead atoms. The van der Waals surface area contributed by atoms with E-state index >= 15 is 0 Å². The molecule has 1 aliphatic heterocycles. The van der Waals surface area contributed by atoms with Crippen molar-refractivity contribution in [3.63, 3.8) is 0 Å². The van der Waals surface area contributed by atoms with Gasteiger partial charge in [0, 0.05) is 13.1 Å². The van der Waals surface area contributed by atoms with Gasteiger partial charge in [-0.15, -0.1) is 0 Å². The van der Waals surface area contributed by atoms with Crippen molar-refractivity contribution in [2.24, 2.45) is 0 Å². The number of morpholine rings is 1. The molecule has 2 aliphatic rings. The Bertz CT molecular complexity index is 935. The van der Waals surface area contributed by atoms with Gasteiger partial charge in [0.2, 0.25) is 0 Å². The predicted octanol–water partition coefficient (Wildman–Crippen LogP) is 5.61. The number of carbonyl (C=O) groups excluding carboxylic acids is 1. The molecule has 5 nitrogen and oxygen atoms in total. The van der Waals surface area contributed by atoms with Gasteiger partial charge in [0.25, 0.3) is 5.91 Å². The molecule has 1 heterocycles. The summed E-state index contributed by atoms with van der Waals surface area (Å²) in [5, 5.41) is 2.61. The fraction of sp³-hybridized carbons (Fsp3) is 0.480. The quantitative estimate of drug-likeness (QED) is 0.607. The summed E-state index contributed by atoms with van der Waals surface area (Å²) in [7, 11) is 0. The van der Waals surface area contributed by atoms with Crippen molar-refractivity contribution in [1.82, 2.24) is 0 Å². The molecule has 178 valence electrons. The monoisotopic (exact) mass is 462 g/mol. The second-order valence-electron chi connectivity index (χ2n) is 8.57. The van der Waals surface area contributed by atoms with E-state index in [2.05, 4.69) is 5.32 Å². The highest BCUT2D eigenvalue weighted by atomic mass is 19.4. The van der Waals surface area contributed by atoms with Crippen molar-refractivity contribution in [3.8, 4) is 5.75 Å². The first-order valence-corrected chi connectivity index (χ1v) is 11.5. The van der Waals surface area contributed by atoms with Gasteiger partial charge < -0.3 is 19.7 Å². The topological polar surface area (TPSA) is 50.8 Å². The van der Waals surface area contributed by atoms with Crippen LogP contribution in [-0.2, 0) is 15.7 Å². The zero-order valence-electron chi connectivity index (χ0n) is 18.5. The normalized spacial score (nSPS) is 17.6. The third-order valence-corrected chi connectivity index (χ3v) is 6.28. The summed E-state index contributed by atoms with van der Waals surface area (Å²) in [6, 6.07) is 11.2. The molecule has 1 amide bonds. The Morgan fingerprint density at radius 1 is 1.03 bits per heavy atom. The lowest BCUT2D eigenvalue weighted by molar-refractivity contribution is -0.137. The molecule has 1 N–H and O–H groups in total. The standard InChI is InChI=1S/C25H29F3N2O3/c26-25(27,28)20-8-11-23(30-12-14-32-15-13-30)22(16-20)29-24(31)17-33-21-9-6-19(7-10-21)18-4-2-1-3-5-18/h6-11,16,18H,1-5,12-15,17H2,(H,29,31). The summed E-state index contributed by atoms with van der Waals surface area (Å²) in [5.74, 6) is 0.623. The van der Waals surface area contributed by atoms with Crippen LogP contribution in [0.4, 0.5) is 24.5 Å². The molecule has 4 rings (SSSR count). The highest BCUT2D eigenvalue weighted by Gasteiger charge is 2.32. The summed E-state index contributed by atoms with van der Waals surface area (Å²) >= 11 is 0. The number of hydrogen-bond donors (Lipinski definition) is 1. The molecule has 0 aromatic heterocycles. The van der Waals surface area contributed by atoms with Gasteiger partial charge in [-0.05, 0) is 54.7 Å². The summed E-state index contributed by atoms with van der Waals surface area (Å²) < 4.78 is 50.7. The van der Waals surface area contributed by atoms with Crippen LogP contribution in [0.5, 0.6) is 5.75 Å². The minimum absolute atomic E-state index is 0.118. The second kappa shape index (κ2) is 10.5. The first kappa shape index (κ1) is 23.4. The van der Waals surface area contributed by atoms with Crippen LogP contribution in [0, 0.1) is 0 Å². The maximum Gasteiger partial charge on any atom is 0.416 e. The smallest absolute Gasteiger partial charge is 0.416 e. The number of rotatable bonds is 6. The Hall–Kier alpha value is -2.74. The average Bonchev–Trinajstić information content (AvgIpc) is 2.83. The Morgan fingerprint density at radius 2 is 1.73 bits per heavy atom. The summed E-state index contributed by atoms with van der Waals surface area (Å²) in [4.78, 5) is 14.4. The molecule has 2 aromatic rings. The van der Waals surface area contributed by atoms with Crippen molar-refractivity contribution in [3.05, 3.63) is 53.6 Å². The Labute approximate surface area is 191 Å². The van der Waals surface area contributed by atoms with E-state index in [1.807, 2.05) is 29.2 Å². The zero-order chi connectivity index (χ0) is 23.3. The number of ether oxygens (including phenoxy) is 2. The van der Waals surface area contributed by atoms with Gasteiger partial charge in [-0.2, -0.15) is 13.2 Å². The van der Waals surface area contributed by atoms with Gasteiger partial charge in [-0.3, -0.25) is 4.79 Å². The molecule has 2 fully saturated rings. The van der Waals surface area contributed by atoms with Gasteiger partial charge in [0.05, 0.1) is 30.2 Å². The van der Waals surface area contributed by atoms with Crippen molar-refractivity contribution in [1.29, 1.82) is 0 Å². The minimum Gasteiger partial charge on any atom is -0.484 e. The lowest BCUT2D eigenvalue weighted by Crippen LogP contribution is -2.37. The molecular weight excluding hydrogens is 433 g/mol. The molecule has 1 saturated carbocycles. The predicted molar refractivity (Wildman–Crippen MR) is 121 cm³/mol. The average molecular weight is 463 g/mol. The molecule has 1 aliphatic carbocycles. The first-order valence-electron chi connectivity index (χ1n) is 11.5. The number of benzene rings is 2. The van der Waals surface area contributed by atoms with E-state index in [1.165, 1.54) is 43.7 Å². The van der Waals surface area contributed by atoms with Crippen LogP contribution in [0.1, 0.15) is 49.1 Å². The van der Waals surface area contributed by atoms with Crippen LogP contribution >= 0.6 is 0 Å². The summed E-state index contributed by atoms with van der Waals surface area (Å²) in [5.41, 5.74) is 1.13. The number of hydrogen-bond acceptors (Lipinski definition) is 4. The van der Waals surface area contributed by atoms with Gasteiger partial charge in [-0.25, -0.2) is 0 Å². The fourth-order valence-corrected chi connectivity index (χ4v) is 4.50. The van der Waals surface area contributed by atoms with Crippen molar-refractivity contribution < 1.29 is 27.4 Å². The highest BCUT2D eigenvalue weighted by Crippen LogP contribution is 2.36. The van der Waals surface area contributed by atoms with E-state index in [0.717, 1.165) is 12.1 Å². The van der Waals surface area contributed by atoms with E-state index in [1.54, 1.807) is 0 Å². The summed E-state index contributed by atoms with van der Waals surface area (Å²) in [6.45, 7) is 1.75. The van der Waals surface area contributed by atoms with E-state index in [-0.39, 0.29) is 12.3 Å². The third kappa shape index (κ3) is 6.19. The third-order valence-electron chi connectivity index (χ3n) is 6.28. The highest BCUT2D eigenvalue weighted by molar-refractivity contribution is 5.95. The van der Waals surface area contributed by atoms with Crippen molar-refractivity contribution in [2.45, 2.75) is 44.2 Å². The van der Waals surface area contributed by atoms with E-state index in [0.29, 0.717) is 43.7 Å². The van der Waals surface area contributed by atoms with Gasteiger partial charge in [-0.1, -0.05) is 31.4 Å². The maximum absolute atomic E-state index is 13.2. The Kier molecular flexibility index (Phi) is 7.42. The van der Waals surface area contributed by atoms with Crippen LogP contribution in [0.15, 0.2) is 42.5 Å². The molecule has 1 saturated heterocycles. The van der Waals surface area contributed by atoms with E-state index in [9.17, 15) is 18.0 Å². The molecule has 0 radical (unpaired) electrons. The lowest BCUT2D eigenvalue weighted by Gasteiger charge is -2.31. The van der Waals surface area contributed by atoms with Crippen LogP contribution in [0.25, 0.3) is 0 Å². The molecule has 0 atom stereocenters. The largest absolute Gasteiger partial charge is 0.484 e. The van der Waals surface area contributed by atoms with Crippen LogP contribution in [0.3, 0.4) is 0 Å². The number of anilines is 2. The molecular formula is C25H29F3N2O3. The van der Waals surface area contributed by atoms with Gasteiger partial charge in [0.15, 0.2) is 6.61 Å². The van der Waals surface area contributed by atoms with Crippen LogP contribution in [0.2, 0.25) is 0 Å². The molecule has 0 spiro atoms. The number of nitrogens with zero attached hydrogens (tertiary/aromatic N) is 1. The fourth-order valence-electron chi connectivity index (χ4n) is 4.50. The molecule has 8 heteroatoms. The maximum atomic E-state index is 13.2. The van der Waals surface area contributed by atoms with E-state index in [4.69, 9.17) is 9.47 Å². The second-order valence-corrected chi connectivity index (χ2v) is 8.57. The van der Waals surface area contributed by atoms with Gasteiger partial charge in [0.1, 0.15) is 5.75 Å².